The van der Waals surface area contributed by atoms with Crippen LogP contribution in [0.5, 0.6) is 11.5 Å². The minimum absolute atomic E-state index is 0. The molecule has 0 bridgehead atoms. The van der Waals surface area contributed by atoms with Gasteiger partial charge in [-0.05, 0) is 47.7 Å². The van der Waals surface area contributed by atoms with E-state index in [0.29, 0.717) is 17.4 Å². The largest absolute Gasteiger partial charge is 0.454 e. The molecule has 1 aliphatic heterocycles. The van der Waals surface area contributed by atoms with Crippen LogP contribution >= 0.6 is 34.4 Å². The Morgan fingerprint density at radius 2 is 2.03 bits per heavy atom. The van der Waals surface area contributed by atoms with Crippen molar-refractivity contribution in [3.05, 3.63) is 22.0 Å². The normalized spacial score (nSPS) is 12.6. The maximum atomic E-state index is 6.04. The molecule has 0 fully saturated rings. The molecule has 0 spiro atoms. The van der Waals surface area contributed by atoms with Gasteiger partial charge >= 0.3 is 0 Å². The lowest BCUT2D eigenvalue weighted by molar-refractivity contribution is 0.174. The van der Waals surface area contributed by atoms with Gasteiger partial charge in [0.2, 0.25) is 6.79 Å². The van der Waals surface area contributed by atoms with E-state index in [1.165, 1.54) is 6.33 Å². The molecule has 0 atom stereocenters. The highest BCUT2D eigenvalue weighted by Crippen LogP contribution is 2.41. The van der Waals surface area contributed by atoms with Crippen molar-refractivity contribution in [2.24, 2.45) is 0 Å². The van der Waals surface area contributed by atoms with E-state index in [-0.39, 0.29) is 12.3 Å². The van der Waals surface area contributed by atoms with Crippen LogP contribution in [0.25, 0.3) is 11.2 Å². The van der Waals surface area contributed by atoms with Crippen molar-refractivity contribution >= 4 is 51.3 Å². The summed E-state index contributed by atoms with van der Waals surface area (Å²) in [5.74, 6) is 1.93. The molecule has 0 aliphatic carbocycles. The molecule has 156 valence electrons. The Labute approximate surface area is 186 Å². The molecule has 1 aliphatic rings. The molecular formula is C18H23IN6O3S. The van der Waals surface area contributed by atoms with Gasteiger partial charge in [0.05, 0.1) is 0 Å². The molecule has 5 N–H and O–H groups in total. The van der Waals surface area contributed by atoms with Gasteiger partial charge in [0.25, 0.3) is 0 Å². The minimum Gasteiger partial charge on any atom is -0.454 e. The zero-order valence-corrected chi connectivity index (χ0v) is 19.1. The van der Waals surface area contributed by atoms with Crippen LogP contribution in [0.4, 0.5) is 5.82 Å². The lowest BCUT2D eigenvalue weighted by Gasteiger charge is -2.11. The first-order chi connectivity index (χ1) is 13.5. The van der Waals surface area contributed by atoms with Crippen molar-refractivity contribution in [1.82, 2.24) is 24.8 Å². The Balaban J connectivity index is 0.00000240. The first-order valence-corrected chi connectivity index (χ1v) is 10.9. The molecule has 11 heteroatoms. The zero-order chi connectivity index (χ0) is 19.7. The fraction of sp³-hybridized carbons (Fsp3) is 0.389. The summed E-state index contributed by atoms with van der Waals surface area (Å²) in [6.07, 6.45) is 2.44. The standard InChI is InChI=1S/C18H21IN6O2S.H2O/c1-10(2)21-4-3-5-25-17-15(16(20)22-8-23-17)24-18(25)28-14-7-13-12(6-11(14)19)26-9-27-13;/h6-8,10,21H,3-5,9H2,1-2H3,(H2,20,22,23);1H2. The third kappa shape index (κ3) is 4.68. The van der Waals surface area contributed by atoms with E-state index in [0.717, 1.165) is 50.3 Å². The number of nitrogen functional groups attached to an aromatic ring is 1. The summed E-state index contributed by atoms with van der Waals surface area (Å²) in [6.45, 7) is 6.25. The first-order valence-electron chi connectivity index (χ1n) is 9.00. The minimum atomic E-state index is 0. The number of halogens is 1. The Hall–Kier alpha value is -1.83. The topological polar surface area (TPSA) is 132 Å². The van der Waals surface area contributed by atoms with Crippen LogP contribution in [0, 0.1) is 3.57 Å². The second kappa shape index (κ2) is 9.32. The molecule has 0 saturated carbocycles. The number of nitrogens with two attached hydrogens (primary N) is 1. The fourth-order valence-electron chi connectivity index (χ4n) is 2.92. The summed E-state index contributed by atoms with van der Waals surface area (Å²) in [7, 11) is 0. The molecule has 0 radical (unpaired) electrons. The van der Waals surface area contributed by atoms with Crippen LogP contribution < -0.4 is 20.5 Å². The average Bonchev–Trinajstić information content (AvgIpc) is 3.24. The summed E-state index contributed by atoms with van der Waals surface area (Å²) in [5.41, 5.74) is 7.44. The number of imidazole rings is 1. The quantitative estimate of drug-likeness (QED) is 0.352. The van der Waals surface area contributed by atoms with Gasteiger partial charge in [-0.1, -0.05) is 25.6 Å². The molecule has 0 amide bonds. The predicted molar refractivity (Wildman–Crippen MR) is 121 cm³/mol. The number of hydrogen-bond acceptors (Lipinski definition) is 8. The van der Waals surface area contributed by atoms with Gasteiger partial charge in [-0.3, -0.25) is 0 Å². The number of aromatic nitrogens is 4. The summed E-state index contributed by atoms with van der Waals surface area (Å²) in [5, 5.41) is 4.28. The molecule has 0 saturated heterocycles. The van der Waals surface area contributed by atoms with Crippen LogP contribution in [-0.4, -0.2) is 44.4 Å². The highest BCUT2D eigenvalue weighted by molar-refractivity contribution is 14.1. The average molecular weight is 530 g/mol. The SMILES string of the molecule is CC(C)NCCCn1c(Sc2cc3c(cc2I)OCO3)nc2c(N)ncnc21.O. The number of rotatable bonds is 7. The Kier molecular flexibility index (Phi) is 7.03. The van der Waals surface area contributed by atoms with Crippen molar-refractivity contribution in [3.8, 4) is 11.5 Å². The van der Waals surface area contributed by atoms with Gasteiger partial charge in [0, 0.05) is 21.1 Å². The van der Waals surface area contributed by atoms with Crippen LogP contribution in [0.2, 0.25) is 0 Å². The molecule has 9 nitrogen and oxygen atoms in total. The number of hydrogen-bond donors (Lipinski definition) is 2. The van der Waals surface area contributed by atoms with E-state index in [1.54, 1.807) is 11.8 Å². The summed E-state index contributed by atoms with van der Waals surface area (Å²) < 4.78 is 14.2. The first kappa shape index (κ1) is 21.9. The van der Waals surface area contributed by atoms with E-state index in [2.05, 4.69) is 56.3 Å². The number of benzene rings is 1. The molecular weight excluding hydrogens is 507 g/mol. The Bertz CT molecular complexity index is 1010. The molecule has 3 aromatic rings. The molecule has 29 heavy (non-hydrogen) atoms. The van der Waals surface area contributed by atoms with Gasteiger partial charge < -0.3 is 30.6 Å². The molecule has 2 aromatic heterocycles. The molecule has 0 unspecified atom stereocenters. The fourth-order valence-corrected chi connectivity index (χ4v) is 4.63. The molecule has 3 heterocycles. The number of nitrogens with zero attached hydrogens (tertiary/aromatic N) is 4. The van der Waals surface area contributed by atoms with Gasteiger partial charge in [0.15, 0.2) is 33.6 Å². The van der Waals surface area contributed by atoms with Crippen molar-refractivity contribution in [2.45, 2.75) is 42.9 Å². The van der Waals surface area contributed by atoms with Crippen LogP contribution in [-0.2, 0) is 6.54 Å². The number of anilines is 1. The van der Waals surface area contributed by atoms with Crippen LogP contribution in [0.15, 0.2) is 28.5 Å². The monoisotopic (exact) mass is 530 g/mol. The predicted octanol–water partition coefficient (Wildman–Crippen LogP) is 2.46. The second-order valence-corrected chi connectivity index (χ2v) is 8.85. The number of nitrogens with one attached hydrogen (secondary N) is 1. The van der Waals surface area contributed by atoms with E-state index < -0.39 is 0 Å². The zero-order valence-electron chi connectivity index (χ0n) is 16.1. The van der Waals surface area contributed by atoms with Gasteiger partial charge in [0.1, 0.15) is 6.33 Å². The van der Waals surface area contributed by atoms with Gasteiger partial charge in [-0.15, -0.1) is 0 Å². The lowest BCUT2D eigenvalue weighted by Crippen LogP contribution is -2.24. The van der Waals surface area contributed by atoms with Gasteiger partial charge in [-0.2, -0.15) is 0 Å². The van der Waals surface area contributed by atoms with E-state index in [9.17, 15) is 0 Å². The van der Waals surface area contributed by atoms with E-state index in [4.69, 9.17) is 20.2 Å². The number of aryl methyl sites for hydroxylation is 1. The molecule has 1 aromatic carbocycles. The van der Waals surface area contributed by atoms with Crippen molar-refractivity contribution in [2.75, 3.05) is 19.1 Å². The highest BCUT2D eigenvalue weighted by Gasteiger charge is 2.20. The van der Waals surface area contributed by atoms with Crippen molar-refractivity contribution in [1.29, 1.82) is 0 Å². The smallest absolute Gasteiger partial charge is 0.231 e. The number of fused-ring (bicyclic) bond motifs is 2. The maximum Gasteiger partial charge on any atom is 0.231 e. The Morgan fingerprint density at radius 1 is 1.28 bits per heavy atom. The summed E-state index contributed by atoms with van der Waals surface area (Å²) >= 11 is 3.87. The maximum absolute atomic E-state index is 6.04. The van der Waals surface area contributed by atoms with Gasteiger partial charge in [-0.25, -0.2) is 15.0 Å². The Morgan fingerprint density at radius 3 is 2.79 bits per heavy atom. The van der Waals surface area contributed by atoms with Crippen LogP contribution in [0.3, 0.4) is 0 Å². The molecule has 4 rings (SSSR count). The van der Waals surface area contributed by atoms with E-state index in [1.807, 2.05) is 12.1 Å². The third-order valence-electron chi connectivity index (χ3n) is 4.26. The van der Waals surface area contributed by atoms with Crippen molar-refractivity contribution < 1.29 is 14.9 Å². The summed E-state index contributed by atoms with van der Waals surface area (Å²) in [6, 6.07) is 4.44. The van der Waals surface area contributed by atoms with E-state index >= 15 is 0 Å². The third-order valence-corrected chi connectivity index (χ3v) is 6.58. The van der Waals surface area contributed by atoms with Crippen molar-refractivity contribution in [3.63, 3.8) is 0 Å². The lowest BCUT2D eigenvalue weighted by atomic mass is 10.3. The van der Waals surface area contributed by atoms with Crippen LogP contribution in [0.1, 0.15) is 20.3 Å². The highest BCUT2D eigenvalue weighted by atomic mass is 127. The number of ether oxygens (including phenoxy) is 2. The summed E-state index contributed by atoms with van der Waals surface area (Å²) in [4.78, 5) is 14.3. The second-order valence-electron chi connectivity index (χ2n) is 6.68.